The summed E-state index contributed by atoms with van der Waals surface area (Å²) >= 11 is 0. The molecular weight excluding hydrogens is 108 g/mol. The molecule has 0 saturated heterocycles. The van der Waals surface area contributed by atoms with Crippen molar-refractivity contribution in [2.24, 2.45) is 5.92 Å². The largest absolute Gasteiger partial charge is 0.0995 e. The number of allylic oxidation sites excluding steroid dienone is 3. The number of hydrogen-bond donors (Lipinski definition) is 0. The summed E-state index contributed by atoms with van der Waals surface area (Å²) in [5.41, 5.74) is 2.18. The molecule has 0 aliphatic heterocycles. The molecule has 0 rings (SSSR count). The molecular formula is C9H14. The van der Waals surface area contributed by atoms with Gasteiger partial charge < -0.3 is 0 Å². The van der Waals surface area contributed by atoms with Crippen LogP contribution in [0, 0.1) is 5.92 Å². The van der Waals surface area contributed by atoms with Gasteiger partial charge in [0.2, 0.25) is 0 Å². The van der Waals surface area contributed by atoms with Crippen LogP contribution in [0.2, 0.25) is 0 Å². The molecule has 0 aromatic carbocycles. The zero-order valence-electron chi connectivity index (χ0n) is 6.28. The van der Waals surface area contributed by atoms with Gasteiger partial charge in [0.15, 0.2) is 0 Å². The van der Waals surface area contributed by atoms with Crippen molar-refractivity contribution in [3.8, 4) is 0 Å². The van der Waals surface area contributed by atoms with E-state index in [4.69, 9.17) is 0 Å². The molecule has 9 heavy (non-hydrogen) atoms. The van der Waals surface area contributed by atoms with E-state index in [2.05, 4.69) is 26.7 Å². The van der Waals surface area contributed by atoms with E-state index in [1.165, 1.54) is 0 Å². The lowest BCUT2D eigenvalue weighted by Gasteiger charge is -2.09. The van der Waals surface area contributed by atoms with Gasteiger partial charge in [-0.3, -0.25) is 0 Å². The third kappa shape index (κ3) is 2.31. The minimum Gasteiger partial charge on any atom is -0.0995 e. The first kappa shape index (κ1) is 8.22. The Morgan fingerprint density at radius 2 is 1.89 bits per heavy atom. The van der Waals surface area contributed by atoms with Crippen molar-refractivity contribution in [3.05, 3.63) is 37.0 Å². The van der Waals surface area contributed by atoms with Crippen LogP contribution in [-0.4, -0.2) is 0 Å². The average molecular weight is 122 g/mol. The molecule has 0 nitrogen and oxygen atoms in total. The Balaban J connectivity index is 4.03. The minimum absolute atomic E-state index is 0.377. The van der Waals surface area contributed by atoms with Gasteiger partial charge in [0.1, 0.15) is 0 Å². The maximum atomic E-state index is 3.82. The highest BCUT2D eigenvalue weighted by atomic mass is 14.1. The molecule has 0 heteroatoms. The molecule has 0 bridgehead atoms. The first-order valence-corrected chi connectivity index (χ1v) is 3.06. The van der Waals surface area contributed by atoms with E-state index in [1.54, 1.807) is 6.08 Å². The van der Waals surface area contributed by atoms with Crippen LogP contribution in [0.4, 0.5) is 0 Å². The van der Waals surface area contributed by atoms with Crippen molar-refractivity contribution < 1.29 is 0 Å². The van der Waals surface area contributed by atoms with Gasteiger partial charge in [0.25, 0.3) is 0 Å². The number of hydrogen-bond acceptors (Lipinski definition) is 0. The second kappa shape index (κ2) is 3.29. The molecule has 0 radical (unpaired) electrons. The summed E-state index contributed by atoms with van der Waals surface area (Å²) in [5.74, 6) is 0.377. The zero-order chi connectivity index (χ0) is 7.44. The number of rotatable bonds is 3. The van der Waals surface area contributed by atoms with Crippen LogP contribution >= 0.6 is 0 Å². The highest BCUT2D eigenvalue weighted by molar-refractivity contribution is 5.22. The van der Waals surface area contributed by atoms with Crippen LogP contribution in [0.25, 0.3) is 0 Å². The van der Waals surface area contributed by atoms with Crippen LogP contribution in [0.1, 0.15) is 13.8 Å². The van der Waals surface area contributed by atoms with E-state index >= 15 is 0 Å². The van der Waals surface area contributed by atoms with Gasteiger partial charge in [-0.05, 0) is 12.5 Å². The van der Waals surface area contributed by atoms with Crippen LogP contribution in [-0.2, 0) is 0 Å². The van der Waals surface area contributed by atoms with E-state index in [9.17, 15) is 0 Å². The smallest absolute Gasteiger partial charge is 0.000824 e. The summed E-state index contributed by atoms with van der Waals surface area (Å²) in [5, 5.41) is 0. The van der Waals surface area contributed by atoms with Crippen molar-refractivity contribution in [3.63, 3.8) is 0 Å². The Morgan fingerprint density at radius 1 is 1.44 bits per heavy atom. The Bertz CT molecular complexity index is 140. The first-order valence-electron chi connectivity index (χ1n) is 3.06. The Hall–Kier alpha value is -0.780. The molecule has 0 spiro atoms. The molecule has 50 valence electrons. The topological polar surface area (TPSA) is 0 Å². The van der Waals surface area contributed by atoms with Crippen LogP contribution in [0.5, 0.6) is 0 Å². The molecule has 0 aliphatic carbocycles. The maximum Gasteiger partial charge on any atom is 0.000824 e. The standard InChI is InChI=1S/C9H14/c1-6-8(4)9(5)7(2)3/h6,9H,1-2,4H2,3,5H3. The highest BCUT2D eigenvalue weighted by Crippen LogP contribution is 2.16. The van der Waals surface area contributed by atoms with Crippen molar-refractivity contribution in [2.75, 3.05) is 0 Å². The molecule has 0 heterocycles. The predicted octanol–water partition coefficient (Wildman–Crippen LogP) is 2.94. The van der Waals surface area contributed by atoms with E-state index in [0.717, 1.165) is 11.1 Å². The third-order valence-corrected chi connectivity index (χ3v) is 1.56. The third-order valence-electron chi connectivity index (χ3n) is 1.56. The SMILES string of the molecule is C=CC(=C)C(C)C(=C)C. The van der Waals surface area contributed by atoms with Gasteiger partial charge >= 0.3 is 0 Å². The summed E-state index contributed by atoms with van der Waals surface area (Å²) < 4.78 is 0. The summed E-state index contributed by atoms with van der Waals surface area (Å²) in [6.45, 7) is 15.3. The normalized spacial score (nSPS) is 12.2. The molecule has 0 amide bonds. The highest BCUT2D eigenvalue weighted by Gasteiger charge is 2.01. The summed E-state index contributed by atoms with van der Waals surface area (Å²) in [6, 6.07) is 0. The lowest BCUT2D eigenvalue weighted by molar-refractivity contribution is 0.832. The van der Waals surface area contributed by atoms with E-state index < -0.39 is 0 Å². The lowest BCUT2D eigenvalue weighted by atomic mass is 9.96. The fraction of sp³-hybridized carbons (Fsp3) is 0.333. The minimum atomic E-state index is 0.377. The van der Waals surface area contributed by atoms with Gasteiger partial charge in [0.05, 0.1) is 0 Å². The molecule has 0 aromatic rings. The average Bonchev–Trinajstić information content (AvgIpc) is 1.84. The van der Waals surface area contributed by atoms with Gasteiger partial charge in [-0.2, -0.15) is 0 Å². The molecule has 0 fully saturated rings. The first-order chi connectivity index (χ1) is 4.09. The predicted molar refractivity (Wildman–Crippen MR) is 43.3 cm³/mol. The van der Waals surface area contributed by atoms with Gasteiger partial charge in [-0.15, -0.1) is 0 Å². The molecule has 1 unspecified atom stereocenters. The van der Waals surface area contributed by atoms with Crippen LogP contribution in [0.15, 0.2) is 37.0 Å². The molecule has 0 N–H and O–H groups in total. The van der Waals surface area contributed by atoms with Crippen molar-refractivity contribution in [2.45, 2.75) is 13.8 Å². The van der Waals surface area contributed by atoms with Crippen LogP contribution in [0.3, 0.4) is 0 Å². The second-order valence-corrected chi connectivity index (χ2v) is 2.35. The van der Waals surface area contributed by atoms with E-state index in [-0.39, 0.29) is 0 Å². The molecule has 0 aliphatic rings. The fourth-order valence-corrected chi connectivity index (χ4v) is 0.493. The van der Waals surface area contributed by atoms with Gasteiger partial charge in [0, 0.05) is 5.92 Å². The van der Waals surface area contributed by atoms with E-state index in [1.807, 2.05) is 6.92 Å². The second-order valence-electron chi connectivity index (χ2n) is 2.35. The monoisotopic (exact) mass is 122 g/mol. The Kier molecular flexibility index (Phi) is 3.00. The van der Waals surface area contributed by atoms with E-state index in [0.29, 0.717) is 5.92 Å². The summed E-state index contributed by atoms with van der Waals surface area (Å²) in [7, 11) is 0. The van der Waals surface area contributed by atoms with Crippen LogP contribution < -0.4 is 0 Å². The Morgan fingerprint density at radius 3 is 2.00 bits per heavy atom. The summed E-state index contributed by atoms with van der Waals surface area (Å²) in [4.78, 5) is 0. The molecule has 0 aromatic heterocycles. The molecule has 1 atom stereocenters. The van der Waals surface area contributed by atoms with Crippen molar-refractivity contribution >= 4 is 0 Å². The van der Waals surface area contributed by atoms with Crippen molar-refractivity contribution in [1.82, 2.24) is 0 Å². The van der Waals surface area contributed by atoms with Gasteiger partial charge in [-0.1, -0.05) is 38.3 Å². The van der Waals surface area contributed by atoms with Crippen molar-refractivity contribution in [1.29, 1.82) is 0 Å². The fourth-order valence-electron chi connectivity index (χ4n) is 0.493. The quantitative estimate of drug-likeness (QED) is 0.399. The zero-order valence-corrected chi connectivity index (χ0v) is 6.28. The lowest BCUT2D eigenvalue weighted by Crippen LogP contribution is -1.95. The molecule has 0 saturated carbocycles. The van der Waals surface area contributed by atoms with Gasteiger partial charge in [-0.25, -0.2) is 0 Å². The summed E-state index contributed by atoms with van der Waals surface area (Å²) in [6.07, 6.45) is 1.78. The maximum absolute atomic E-state index is 3.82. The Labute approximate surface area is 57.6 Å².